The summed E-state index contributed by atoms with van der Waals surface area (Å²) < 4.78 is 5.30. The van der Waals surface area contributed by atoms with E-state index in [1.54, 1.807) is 0 Å². The Hall–Kier alpha value is -0.0831. The molecule has 0 rings (SSSR count). The zero-order valence-electron chi connectivity index (χ0n) is 5.77. The van der Waals surface area contributed by atoms with Gasteiger partial charge in [-0.2, -0.15) is 0 Å². The van der Waals surface area contributed by atoms with Crippen LogP contribution in [0.2, 0.25) is 6.55 Å². The highest BCUT2D eigenvalue weighted by Gasteiger charge is 1.94. The monoisotopic (exact) mass is 129 g/mol. The van der Waals surface area contributed by atoms with Gasteiger partial charge in [0.1, 0.15) is 0 Å². The van der Waals surface area contributed by atoms with Gasteiger partial charge in [0.2, 0.25) is 9.04 Å². The first kappa shape index (κ1) is 7.92. The van der Waals surface area contributed by atoms with Gasteiger partial charge in [-0.25, -0.2) is 0 Å². The molecule has 8 heavy (non-hydrogen) atoms. The third-order valence-electron chi connectivity index (χ3n) is 0.773. The first-order valence-corrected chi connectivity index (χ1v) is 4.88. The average molecular weight is 129 g/mol. The molecule has 0 aliphatic carbocycles. The van der Waals surface area contributed by atoms with Crippen LogP contribution in [0, 0.1) is 0 Å². The lowest BCUT2D eigenvalue weighted by molar-refractivity contribution is 0.353. The molecule has 0 aliphatic rings. The Morgan fingerprint density at radius 1 is 1.62 bits per heavy atom. The van der Waals surface area contributed by atoms with Crippen molar-refractivity contribution in [2.75, 3.05) is 6.61 Å². The van der Waals surface area contributed by atoms with Gasteiger partial charge in [0.25, 0.3) is 0 Å². The van der Waals surface area contributed by atoms with E-state index in [9.17, 15) is 0 Å². The van der Waals surface area contributed by atoms with Gasteiger partial charge < -0.3 is 4.43 Å². The molecule has 0 unspecified atom stereocenters. The molecule has 0 aromatic rings. The van der Waals surface area contributed by atoms with Gasteiger partial charge in [-0.3, -0.25) is 0 Å². The summed E-state index contributed by atoms with van der Waals surface area (Å²) in [5.41, 5.74) is 2.13. The predicted octanol–water partition coefficient (Wildman–Crippen LogP) is 1.76. The molecule has 0 N–H and O–H groups in total. The lowest BCUT2D eigenvalue weighted by Crippen LogP contribution is -2.08. The van der Waals surface area contributed by atoms with E-state index in [-0.39, 0.29) is 0 Å². The summed E-state index contributed by atoms with van der Waals surface area (Å²) in [4.78, 5) is 0. The maximum Gasteiger partial charge on any atom is 0.235 e. The second-order valence-corrected chi connectivity index (χ2v) is 3.39. The SMILES string of the molecule is C/C=C/[Si](C)OCC. The molecular formula is C6H13OSi. The van der Waals surface area contributed by atoms with Crippen LogP contribution < -0.4 is 0 Å². The molecule has 47 valence electrons. The smallest absolute Gasteiger partial charge is 0.235 e. The molecule has 0 bridgehead atoms. The quantitative estimate of drug-likeness (QED) is 0.528. The Kier molecular flexibility index (Phi) is 5.01. The van der Waals surface area contributed by atoms with Crippen LogP contribution in [0.3, 0.4) is 0 Å². The topological polar surface area (TPSA) is 9.23 Å². The summed E-state index contributed by atoms with van der Waals surface area (Å²) >= 11 is 0. The maximum absolute atomic E-state index is 5.30. The maximum atomic E-state index is 5.30. The van der Waals surface area contributed by atoms with Crippen molar-refractivity contribution >= 4 is 9.04 Å². The molecular weight excluding hydrogens is 116 g/mol. The third-order valence-corrected chi connectivity index (χ3v) is 2.32. The van der Waals surface area contributed by atoms with Crippen LogP contribution in [-0.2, 0) is 4.43 Å². The number of rotatable bonds is 3. The van der Waals surface area contributed by atoms with Crippen LogP contribution in [0.15, 0.2) is 11.8 Å². The Labute approximate surface area is 53.1 Å². The summed E-state index contributed by atoms with van der Waals surface area (Å²) in [5.74, 6) is 0. The van der Waals surface area contributed by atoms with E-state index >= 15 is 0 Å². The van der Waals surface area contributed by atoms with E-state index in [0.29, 0.717) is 0 Å². The third kappa shape index (κ3) is 4.09. The average Bonchev–Trinajstić information content (AvgIpc) is 1.68. The molecule has 0 aromatic heterocycles. The molecule has 0 saturated carbocycles. The Bertz CT molecular complexity index is 70.9. The van der Waals surface area contributed by atoms with E-state index < -0.39 is 9.04 Å². The van der Waals surface area contributed by atoms with Crippen LogP contribution in [0.5, 0.6) is 0 Å². The fraction of sp³-hybridized carbons (Fsp3) is 0.667. The van der Waals surface area contributed by atoms with Crippen molar-refractivity contribution in [2.24, 2.45) is 0 Å². The van der Waals surface area contributed by atoms with Crippen LogP contribution in [-0.4, -0.2) is 15.6 Å². The van der Waals surface area contributed by atoms with Crippen molar-refractivity contribution in [1.82, 2.24) is 0 Å². The van der Waals surface area contributed by atoms with Gasteiger partial charge in [-0.05, 0) is 20.4 Å². The Balaban J connectivity index is 3.17. The minimum Gasteiger partial charge on any atom is -0.413 e. The van der Waals surface area contributed by atoms with Crippen LogP contribution in [0.25, 0.3) is 0 Å². The minimum atomic E-state index is -0.572. The van der Waals surface area contributed by atoms with Crippen LogP contribution >= 0.6 is 0 Å². The van der Waals surface area contributed by atoms with Gasteiger partial charge >= 0.3 is 0 Å². The molecule has 0 heterocycles. The minimum absolute atomic E-state index is 0.572. The second kappa shape index (κ2) is 5.06. The van der Waals surface area contributed by atoms with E-state index in [4.69, 9.17) is 4.43 Å². The predicted molar refractivity (Wildman–Crippen MR) is 38.1 cm³/mol. The van der Waals surface area contributed by atoms with Gasteiger partial charge in [0, 0.05) is 6.61 Å². The molecule has 2 heteroatoms. The summed E-state index contributed by atoms with van der Waals surface area (Å²) in [7, 11) is -0.572. The zero-order valence-corrected chi connectivity index (χ0v) is 6.77. The molecule has 0 saturated heterocycles. The number of hydrogen-bond acceptors (Lipinski definition) is 1. The molecule has 0 aromatic carbocycles. The Morgan fingerprint density at radius 3 is 2.62 bits per heavy atom. The van der Waals surface area contributed by atoms with Crippen molar-refractivity contribution in [3.05, 3.63) is 11.8 Å². The van der Waals surface area contributed by atoms with Gasteiger partial charge in [0.05, 0.1) is 0 Å². The normalized spacial score (nSPS) is 11.5. The van der Waals surface area contributed by atoms with Crippen molar-refractivity contribution in [3.63, 3.8) is 0 Å². The van der Waals surface area contributed by atoms with Gasteiger partial charge in [0.15, 0.2) is 0 Å². The van der Waals surface area contributed by atoms with E-state index in [0.717, 1.165) is 6.61 Å². The first-order chi connectivity index (χ1) is 3.81. The summed E-state index contributed by atoms with van der Waals surface area (Å²) in [6.45, 7) is 7.02. The van der Waals surface area contributed by atoms with Crippen molar-refractivity contribution in [2.45, 2.75) is 20.4 Å². The van der Waals surface area contributed by atoms with E-state index in [2.05, 4.69) is 12.2 Å². The molecule has 1 nitrogen and oxygen atoms in total. The lowest BCUT2D eigenvalue weighted by atomic mass is 10.8. The van der Waals surface area contributed by atoms with Crippen molar-refractivity contribution in [3.8, 4) is 0 Å². The zero-order chi connectivity index (χ0) is 6.41. The van der Waals surface area contributed by atoms with Gasteiger partial charge in [-0.1, -0.05) is 11.8 Å². The summed E-state index contributed by atoms with van der Waals surface area (Å²) in [5, 5.41) is 0. The second-order valence-electron chi connectivity index (χ2n) is 1.54. The fourth-order valence-electron chi connectivity index (χ4n) is 0.510. The molecule has 0 amide bonds. The number of allylic oxidation sites excluding steroid dienone is 1. The molecule has 0 aliphatic heterocycles. The Morgan fingerprint density at radius 2 is 2.25 bits per heavy atom. The highest BCUT2D eigenvalue weighted by atomic mass is 28.3. The molecule has 0 fully saturated rings. The first-order valence-electron chi connectivity index (χ1n) is 2.90. The van der Waals surface area contributed by atoms with Crippen LogP contribution in [0.4, 0.5) is 0 Å². The van der Waals surface area contributed by atoms with Crippen LogP contribution in [0.1, 0.15) is 13.8 Å². The highest BCUT2D eigenvalue weighted by molar-refractivity contribution is 6.56. The van der Waals surface area contributed by atoms with E-state index in [1.807, 2.05) is 19.9 Å². The van der Waals surface area contributed by atoms with Crippen molar-refractivity contribution in [1.29, 1.82) is 0 Å². The highest BCUT2D eigenvalue weighted by Crippen LogP contribution is 1.85. The van der Waals surface area contributed by atoms with E-state index in [1.165, 1.54) is 0 Å². The lowest BCUT2D eigenvalue weighted by Gasteiger charge is -2.00. The van der Waals surface area contributed by atoms with Crippen molar-refractivity contribution < 1.29 is 4.43 Å². The fourth-order valence-corrected chi connectivity index (χ4v) is 1.53. The summed E-state index contributed by atoms with van der Waals surface area (Å²) in [6, 6.07) is 0. The number of hydrogen-bond donors (Lipinski definition) is 0. The molecule has 0 spiro atoms. The van der Waals surface area contributed by atoms with Gasteiger partial charge in [-0.15, -0.1) is 0 Å². The summed E-state index contributed by atoms with van der Waals surface area (Å²) in [6.07, 6.45) is 2.05. The molecule has 0 atom stereocenters. The largest absolute Gasteiger partial charge is 0.413 e. The standard InChI is InChI=1S/C6H13OSi/c1-4-6-8(3)7-5-2/h4,6H,5H2,1-3H3/b6-4+. The molecule has 1 radical (unpaired) electrons.